The number of carbonyl (C=O) groups is 1. The summed E-state index contributed by atoms with van der Waals surface area (Å²) in [5, 5.41) is 22.1. The van der Waals surface area contributed by atoms with Gasteiger partial charge in [0.05, 0.1) is 16.2 Å². The molecule has 0 bridgehead atoms. The third-order valence-electron chi connectivity index (χ3n) is 4.47. The number of benzene rings is 2. The number of hydrogen-bond donors (Lipinski definition) is 1. The van der Waals surface area contributed by atoms with E-state index in [-0.39, 0.29) is 40.3 Å². The molecule has 6 heteroatoms. The van der Waals surface area contributed by atoms with Gasteiger partial charge < -0.3 is 5.11 Å². The Morgan fingerprint density at radius 2 is 1.70 bits per heavy atom. The van der Waals surface area contributed by atoms with Crippen LogP contribution in [-0.2, 0) is 4.79 Å². The summed E-state index contributed by atoms with van der Waals surface area (Å²) >= 11 is 0. The molecule has 0 heterocycles. The summed E-state index contributed by atoms with van der Waals surface area (Å²) in [4.78, 5) is 28.1. The maximum Gasteiger partial charge on any atom is 0.294 e. The van der Waals surface area contributed by atoms with E-state index in [0.29, 0.717) is 17.7 Å². The van der Waals surface area contributed by atoms with Crippen LogP contribution in [0, 0.1) is 15.5 Å². The number of aliphatic imine (C=N–C) groups is 1. The molecule has 0 aromatic heterocycles. The molecule has 1 saturated carbocycles. The van der Waals surface area contributed by atoms with Crippen molar-refractivity contribution in [3.8, 4) is 0 Å². The van der Waals surface area contributed by atoms with E-state index in [2.05, 4.69) is 4.99 Å². The van der Waals surface area contributed by atoms with Gasteiger partial charge in [0, 0.05) is 18.1 Å². The second-order valence-electron chi connectivity index (χ2n) is 7.33. The van der Waals surface area contributed by atoms with Crippen LogP contribution in [0.15, 0.2) is 65.2 Å². The highest BCUT2D eigenvalue weighted by Crippen LogP contribution is 2.38. The predicted molar refractivity (Wildman–Crippen MR) is 104 cm³/mol. The van der Waals surface area contributed by atoms with E-state index >= 15 is 0 Å². The predicted octanol–water partition coefficient (Wildman–Crippen LogP) is 5.03. The van der Waals surface area contributed by atoms with Crippen molar-refractivity contribution < 1.29 is 14.8 Å². The van der Waals surface area contributed by atoms with E-state index in [9.17, 15) is 20.0 Å². The number of nitro benzene ring substituents is 1. The van der Waals surface area contributed by atoms with Crippen molar-refractivity contribution in [2.75, 3.05) is 0 Å². The zero-order valence-electron chi connectivity index (χ0n) is 15.2. The number of allylic oxidation sites excluding steroid dienone is 1. The molecule has 0 aliphatic heterocycles. The first-order chi connectivity index (χ1) is 12.8. The molecular formula is C21H20N2O4. The van der Waals surface area contributed by atoms with Crippen LogP contribution in [0.2, 0.25) is 0 Å². The normalized spacial score (nSPS) is 19.8. The van der Waals surface area contributed by atoms with Gasteiger partial charge in [-0.2, -0.15) is 0 Å². The van der Waals surface area contributed by atoms with Gasteiger partial charge in [-0.15, -0.1) is 0 Å². The minimum absolute atomic E-state index is 0.138. The van der Waals surface area contributed by atoms with E-state index in [1.807, 2.05) is 19.9 Å². The lowest BCUT2D eigenvalue weighted by atomic mass is 9.73. The highest BCUT2D eigenvalue weighted by Gasteiger charge is 2.37. The summed E-state index contributed by atoms with van der Waals surface area (Å²) in [6.45, 7) is 3.88. The molecular weight excluding hydrogens is 344 g/mol. The second kappa shape index (κ2) is 7.15. The Morgan fingerprint density at radius 1 is 1.07 bits per heavy atom. The van der Waals surface area contributed by atoms with Crippen molar-refractivity contribution in [1.82, 2.24) is 0 Å². The summed E-state index contributed by atoms with van der Waals surface area (Å²) in [6, 6.07) is 14.9. The number of ketones is 1. The summed E-state index contributed by atoms with van der Waals surface area (Å²) in [5.41, 5.74) is 0.696. The summed E-state index contributed by atoms with van der Waals surface area (Å²) in [5.74, 6) is -0.363. The Morgan fingerprint density at radius 3 is 2.37 bits per heavy atom. The van der Waals surface area contributed by atoms with Crippen LogP contribution >= 0.6 is 0 Å². The minimum Gasteiger partial charge on any atom is -0.506 e. The Balaban J connectivity index is 2.20. The SMILES string of the molecule is CC1(C)CC(=O)/C(=C(/O)c2ccccc2)C(=Nc2ccccc2[N+](=O)[O-])C1. The fraction of sp³-hybridized carbons (Fsp3) is 0.238. The van der Waals surface area contributed by atoms with Crippen LogP contribution in [0.4, 0.5) is 11.4 Å². The van der Waals surface area contributed by atoms with Crippen LogP contribution in [-0.4, -0.2) is 21.5 Å². The number of carbonyl (C=O) groups excluding carboxylic acids is 1. The Hall–Kier alpha value is -3.28. The lowest BCUT2D eigenvalue weighted by Gasteiger charge is -2.31. The van der Waals surface area contributed by atoms with E-state index in [1.54, 1.807) is 36.4 Å². The number of hydrogen-bond acceptors (Lipinski definition) is 5. The van der Waals surface area contributed by atoms with Gasteiger partial charge in [0.15, 0.2) is 5.78 Å². The van der Waals surface area contributed by atoms with Crippen molar-refractivity contribution >= 4 is 28.6 Å². The standard InChI is InChI=1S/C21H20N2O4/c1-21(2)12-16(22-15-10-6-7-11-17(15)23(26)27)19(18(24)13-21)20(25)14-8-4-3-5-9-14/h3-11,25H,12-13H2,1-2H3/b20-19+,22-16?. The van der Waals surface area contributed by atoms with Gasteiger partial charge in [-0.3, -0.25) is 14.9 Å². The van der Waals surface area contributed by atoms with Crippen molar-refractivity contribution in [3.05, 3.63) is 75.8 Å². The minimum atomic E-state index is -0.504. The van der Waals surface area contributed by atoms with Crippen molar-refractivity contribution in [2.24, 2.45) is 10.4 Å². The Bertz CT molecular complexity index is 959. The fourth-order valence-electron chi connectivity index (χ4n) is 3.25. The average molecular weight is 364 g/mol. The molecule has 2 aromatic rings. The largest absolute Gasteiger partial charge is 0.506 e. The van der Waals surface area contributed by atoms with Gasteiger partial charge >= 0.3 is 0 Å². The zero-order valence-corrected chi connectivity index (χ0v) is 15.2. The highest BCUT2D eigenvalue weighted by molar-refractivity contribution is 6.28. The molecule has 1 aliphatic carbocycles. The molecule has 1 aliphatic rings. The first-order valence-corrected chi connectivity index (χ1v) is 8.62. The molecule has 0 atom stereocenters. The summed E-state index contributed by atoms with van der Waals surface area (Å²) in [7, 11) is 0. The number of rotatable bonds is 3. The molecule has 27 heavy (non-hydrogen) atoms. The quantitative estimate of drug-likeness (QED) is 0.358. The third-order valence-corrected chi connectivity index (χ3v) is 4.47. The summed E-state index contributed by atoms with van der Waals surface area (Å²) in [6.07, 6.45) is 0.701. The Labute approximate surface area is 157 Å². The van der Waals surface area contributed by atoms with E-state index in [1.165, 1.54) is 12.1 Å². The van der Waals surface area contributed by atoms with Crippen LogP contribution in [0.5, 0.6) is 0 Å². The van der Waals surface area contributed by atoms with Gasteiger partial charge in [-0.05, 0) is 17.9 Å². The molecule has 0 unspecified atom stereocenters. The summed E-state index contributed by atoms with van der Waals surface area (Å²) < 4.78 is 0. The molecule has 1 fully saturated rings. The number of nitrogens with zero attached hydrogens (tertiary/aromatic N) is 2. The second-order valence-corrected chi connectivity index (χ2v) is 7.33. The maximum atomic E-state index is 12.8. The molecule has 1 N–H and O–H groups in total. The number of aliphatic hydroxyl groups is 1. The monoisotopic (exact) mass is 364 g/mol. The zero-order chi connectivity index (χ0) is 19.6. The molecule has 0 radical (unpaired) electrons. The topological polar surface area (TPSA) is 92.8 Å². The molecule has 6 nitrogen and oxygen atoms in total. The van der Waals surface area contributed by atoms with Crippen LogP contribution in [0.25, 0.3) is 5.76 Å². The lowest BCUT2D eigenvalue weighted by molar-refractivity contribution is -0.384. The first kappa shape index (κ1) is 18.5. The number of nitro groups is 1. The smallest absolute Gasteiger partial charge is 0.294 e. The van der Waals surface area contributed by atoms with Crippen LogP contribution in [0.3, 0.4) is 0 Å². The van der Waals surface area contributed by atoms with Crippen molar-refractivity contribution in [1.29, 1.82) is 0 Å². The average Bonchev–Trinajstić information content (AvgIpc) is 2.61. The molecule has 3 rings (SSSR count). The lowest BCUT2D eigenvalue weighted by Crippen LogP contribution is -2.32. The fourth-order valence-corrected chi connectivity index (χ4v) is 3.25. The molecule has 0 spiro atoms. The van der Waals surface area contributed by atoms with Gasteiger partial charge in [-0.1, -0.05) is 56.3 Å². The van der Waals surface area contributed by atoms with E-state index in [0.717, 1.165) is 0 Å². The third kappa shape index (κ3) is 3.95. The van der Waals surface area contributed by atoms with Crippen molar-refractivity contribution in [3.63, 3.8) is 0 Å². The molecule has 0 amide bonds. The van der Waals surface area contributed by atoms with Gasteiger partial charge in [0.25, 0.3) is 5.69 Å². The molecule has 0 saturated heterocycles. The van der Waals surface area contributed by atoms with Crippen LogP contribution < -0.4 is 0 Å². The van der Waals surface area contributed by atoms with E-state index in [4.69, 9.17) is 0 Å². The molecule has 138 valence electrons. The van der Waals surface area contributed by atoms with Gasteiger partial charge in [-0.25, -0.2) is 4.99 Å². The first-order valence-electron chi connectivity index (χ1n) is 8.62. The molecule has 2 aromatic carbocycles. The number of aliphatic hydroxyl groups excluding tert-OH is 1. The Kier molecular flexibility index (Phi) is 4.90. The van der Waals surface area contributed by atoms with Crippen LogP contribution in [0.1, 0.15) is 32.3 Å². The van der Waals surface area contributed by atoms with Crippen molar-refractivity contribution in [2.45, 2.75) is 26.7 Å². The van der Waals surface area contributed by atoms with Gasteiger partial charge in [0.2, 0.25) is 0 Å². The highest BCUT2D eigenvalue weighted by atomic mass is 16.6. The number of para-hydroxylation sites is 2. The maximum absolute atomic E-state index is 12.8. The number of Topliss-reactive ketones (excluding diaryl/α,β-unsaturated/α-hetero) is 1. The van der Waals surface area contributed by atoms with Gasteiger partial charge in [0.1, 0.15) is 11.4 Å². The van der Waals surface area contributed by atoms with E-state index < -0.39 is 4.92 Å².